The number of hydrogen-bond acceptors (Lipinski definition) is 4. The molecule has 0 bridgehead atoms. The van der Waals surface area contributed by atoms with Crippen molar-refractivity contribution < 1.29 is 5.11 Å². The molecule has 0 aromatic carbocycles. The molecule has 1 unspecified atom stereocenters. The zero-order chi connectivity index (χ0) is 11.4. The molecule has 1 aromatic rings. The number of aliphatic hydroxyl groups is 1. The van der Waals surface area contributed by atoms with Crippen LogP contribution in [0.15, 0.2) is 12.3 Å². The van der Waals surface area contributed by atoms with E-state index in [0.717, 1.165) is 6.54 Å². The first-order valence-electron chi connectivity index (χ1n) is 4.74. The van der Waals surface area contributed by atoms with Crippen LogP contribution in [0, 0.1) is 0 Å². The van der Waals surface area contributed by atoms with Gasteiger partial charge in [0.1, 0.15) is 5.82 Å². The zero-order valence-electron chi connectivity index (χ0n) is 8.94. The Bertz CT molecular complexity index is 330. The number of rotatable bonds is 4. The van der Waals surface area contributed by atoms with Crippen LogP contribution in [-0.4, -0.2) is 35.6 Å². The van der Waals surface area contributed by atoms with Crippen LogP contribution in [0.5, 0.6) is 0 Å². The average Bonchev–Trinajstić information content (AvgIpc) is 2.18. The van der Waals surface area contributed by atoms with Crippen LogP contribution in [0.25, 0.3) is 0 Å². The smallest absolute Gasteiger partial charge is 0.129 e. The van der Waals surface area contributed by atoms with Crippen molar-refractivity contribution in [1.82, 2.24) is 9.88 Å². The highest BCUT2D eigenvalue weighted by Crippen LogP contribution is 2.24. The Morgan fingerprint density at radius 1 is 1.60 bits per heavy atom. The van der Waals surface area contributed by atoms with E-state index in [-0.39, 0.29) is 0 Å². The first-order valence-corrected chi connectivity index (χ1v) is 5.12. The Morgan fingerprint density at radius 2 is 2.27 bits per heavy atom. The highest BCUT2D eigenvalue weighted by atomic mass is 35.5. The highest BCUT2D eigenvalue weighted by Gasteiger charge is 2.12. The number of nitrogen functional groups attached to an aromatic ring is 1. The molecule has 4 nitrogen and oxygen atoms in total. The Kier molecular flexibility index (Phi) is 4.32. The number of anilines is 1. The van der Waals surface area contributed by atoms with Gasteiger partial charge in [0.05, 0.1) is 11.1 Å². The SMILES string of the molecule is CN(C)CCC(O)c1cc(Cl)cnc1N. The van der Waals surface area contributed by atoms with Gasteiger partial charge in [0.2, 0.25) is 0 Å². The van der Waals surface area contributed by atoms with Gasteiger partial charge in [-0.25, -0.2) is 4.98 Å². The van der Waals surface area contributed by atoms with Gasteiger partial charge in [0.15, 0.2) is 0 Å². The van der Waals surface area contributed by atoms with Gasteiger partial charge in [-0.2, -0.15) is 0 Å². The maximum absolute atomic E-state index is 9.87. The van der Waals surface area contributed by atoms with E-state index < -0.39 is 6.10 Å². The lowest BCUT2D eigenvalue weighted by Crippen LogP contribution is -2.16. The zero-order valence-corrected chi connectivity index (χ0v) is 9.70. The van der Waals surface area contributed by atoms with E-state index in [4.69, 9.17) is 17.3 Å². The van der Waals surface area contributed by atoms with Crippen LogP contribution in [0.4, 0.5) is 5.82 Å². The molecular weight excluding hydrogens is 214 g/mol. The van der Waals surface area contributed by atoms with Gasteiger partial charge in [-0.1, -0.05) is 11.6 Å². The Morgan fingerprint density at radius 3 is 2.87 bits per heavy atom. The number of halogens is 1. The third-order valence-electron chi connectivity index (χ3n) is 2.12. The minimum Gasteiger partial charge on any atom is -0.388 e. The van der Waals surface area contributed by atoms with Crippen LogP contribution in [0.1, 0.15) is 18.1 Å². The summed E-state index contributed by atoms with van der Waals surface area (Å²) < 4.78 is 0. The van der Waals surface area contributed by atoms with E-state index >= 15 is 0 Å². The fourth-order valence-corrected chi connectivity index (χ4v) is 1.43. The van der Waals surface area contributed by atoms with E-state index in [0.29, 0.717) is 22.8 Å². The summed E-state index contributed by atoms with van der Waals surface area (Å²) in [7, 11) is 3.90. The number of hydrogen-bond donors (Lipinski definition) is 2. The number of pyridine rings is 1. The van der Waals surface area contributed by atoms with Gasteiger partial charge in [-0.3, -0.25) is 0 Å². The van der Waals surface area contributed by atoms with Crippen LogP contribution < -0.4 is 5.73 Å². The summed E-state index contributed by atoms with van der Waals surface area (Å²) in [5.74, 6) is 0.339. The summed E-state index contributed by atoms with van der Waals surface area (Å²) in [5, 5.41) is 10.4. The van der Waals surface area contributed by atoms with Gasteiger partial charge >= 0.3 is 0 Å². The molecule has 1 rings (SSSR count). The molecule has 5 heteroatoms. The molecule has 0 saturated heterocycles. The van der Waals surface area contributed by atoms with Crippen molar-refractivity contribution in [3.63, 3.8) is 0 Å². The molecule has 0 saturated carbocycles. The Balaban J connectivity index is 2.72. The summed E-state index contributed by atoms with van der Waals surface area (Å²) >= 11 is 5.78. The number of aliphatic hydroxyl groups excluding tert-OH is 1. The summed E-state index contributed by atoms with van der Waals surface area (Å²) in [6, 6.07) is 1.66. The van der Waals surface area contributed by atoms with E-state index in [2.05, 4.69) is 4.98 Å². The van der Waals surface area contributed by atoms with Crippen molar-refractivity contribution in [2.24, 2.45) is 0 Å². The van der Waals surface area contributed by atoms with Gasteiger partial charge in [-0.05, 0) is 26.6 Å². The van der Waals surface area contributed by atoms with Crippen molar-refractivity contribution in [2.75, 3.05) is 26.4 Å². The monoisotopic (exact) mass is 229 g/mol. The molecule has 3 N–H and O–H groups in total. The summed E-state index contributed by atoms with van der Waals surface area (Å²) in [6.45, 7) is 0.785. The first kappa shape index (κ1) is 12.2. The normalized spacial score (nSPS) is 13.1. The second-order valence-corrected chi connectivity index (χ2v) is 4.17. The van der Waals surface area contributed by atoms with E-state index in [1.54, 1.807) is 6.07 Å². The molecule has 1 heterocycles. The van der Waals surface area contributed by atoms with E-state index in [9.17, 15) is 5.11 Å². The summed E-state index contributed by atoms with van der Waals surface area (Å²) in [4.78, 5) is 5.90. The number of aromatic nitrogens is 1. The van der Waals surface area contributed by atoms with Crippen molar-refractivity contribution in [1.29, 1.82) is 0 Å². The van der Waals surface area contributed by atoms with E-state index in [1.807, 2.05) is 19.0 Å². The standard InChI is InChI=1S/C10H16ClN3O/c1-14(2)4-3-9(15)8-5-7(11)6-13-10(8)12/h5-6,9,15H,3-4H2,1-2H3,(H2,12,13). The molecule has 0 radical (unpaired) electrons. The molecule has 0 aliphatic carbocycles. The molecule has 0 fully saturated rings. The fourth-order valence-electron chi connectivity index (χ4n) is 1.27. The molecular formula is C10H16ClN3O. The lowest BCUT2D eigenvalue weighted by Gasteiger charge is -2.15. The van der Waals surface area contributed by atoms with E-state index in [1.165, 1.54) is 6.20 Å². The quantitative estimate of drug-likeness (QED) is 0.817. The van der Waals surface area contributed by atoms with Crippen LogP contribution in [0.2, 0.25) is 5.02 Å². The maximum Gasteiger partial charge on any atom is 0.129 e. The third-order valence-corrected chi connectivity index (χ3v) is 2.33. The minimum atomic E-state index is -0.612. The third kappa shape index (κ3) is 3.66. The van der Waals surface area contributed by atoms with Crippen molar-refractivity contribution >= 4 is 17.4 Å². The lowest BCUT2D eigenvalue weighted by molar-refractivity contribution is 0.154. The number of nitrogens with zero attached hydrogens (tertiary/aromatic N) is 2. The predicted molar refractivity (Wildman–Crippen MR) is 61.8 cm³/mol. The second kappa shape index (κ2) is 5.30. The van der Waals surface area contributed by atoms with Crippen molar-refractivity contribution in [3.8, 4) is 0 Å². The van der Waals surface area contributed by atoms with Crippen LogP contribution in [0.3, 0.4) is 0 Å². The van der Waals surface area contributed by atoms with Gasteiger partial charge < -0.3 is 15.7 Å². The molecule has 15 heavy (non-hydrogen) atoms. The van der Waals surface area contributed by atoms with Crippen LogP contribution in [-0.2, 0) is 0 Å². The largest absolute Gasteiger partial charge is 0.388 e. The molecule has 1 aromatic heterocycles. The summed E-state index contributed by atoms with van der Waals surface area (Å²) in [5.41, 5.74) is 6.25. The van der Waals surface area contributed by atoms with Crippen LogP contribution >= 0.6 is 11.6 Å². The second-order valence-electron chi connectivity index (χ2n) is 3.74. The summed E-state index contributed by atoms with van der Waals surface area (Å²) in [6.07, 6.45) is 1.47. The average molecular weight is 230 g/mol. The predicted octanol–water partition coefficient (Wildman–Crippen LogP) is 1.30. The molecule has 0 aliphatic heterocycles. The molecule has 0 amide bonds. The Hall–Kier alpha value is -0.840. The maximum atomic E-state index is 9.87. The molecule has 0 spiro atoms. The Labute approximate surface area is 94.7 Å². The number of nitrogens with two attached hydrogens (primary N) is 1. The van der Waals surface area contributed by atoms with Gasteiger partial charge in [-0.15, -0.1) is 0 Å². The van der Waals surface area contributed by atoms with Crippen molar-refractivity contribution in [2.45, 2.75) is 12.5 Å². The first-order chi connectivity index (χ1) is 7.00. The topological polar surface area (TPSA) is 62.4 Å². The minimum absolute atomic E-state index is 0.339. The molecule has 1 atom stereocenters. The molecule has 84 valence electrons. The molecule has 0 aliphatic rings. The van der Waals surface area contributed by atoms with Gasteiger partial charge in [0.25, 0.3) is 0 Å². The van der Waals surface area contributed by atoms with Crippen molar-refractivity contribution in [3.05, 3.63) is 22.8 Å². The lowest BCUT2D eigenvalue weighted by atomic mass is 10.1. The van der Waals surface area contributed by atoms with Gasteiger partial charge in [0, 0.05) is 18.3 Å². The highest BCUT2D eigenvalue weighted by molar-refractivity contribution is 6.30. The fraction of sp³-hybridized carbons (Fsp3) is 0.500.